The molecule has 5 unspecified atom stereocenters. The van der Waals surface area contributed by atoms with Crippen LogP contribution in [0, 0.1) is 11.8 Å². The predicted octanol–water partition coefficient (Wildman–Crippen LogP) is 4.23. The summed E-state index contributed by atoms with van der Waals surface area (Å²) >= 11 is 1.50. The fraction of sp³-hybridized carbons (Fsp3) is 0.548. The molecule has 3 aromatic rings. The Labute approximate surface area is 292 Å². The third-order valence-electron chi connectivity index (χ3n) is 9.21. The highest BCUT2D eigenvalue weighted by molar-refractivity contribution is 7.99. The first kappa shape index (κ1) is 36.6. The van der Waals surface area contributed by atoms with Gasteiger partial charge in [-0.25, -0.2) is 9.11 Å². The zero-order chi connectivity index (χ0) is 35.1. The van der Waals surface area contributed by atoms with E-state index in [1.165, 1.54) is 22.4 Å². The Hall–Kier alpha value is -1.74. The van der Waals surface area contributed by atoms with Gasteiger partial charge in [0.2, 0.25) is 0 Å². The molecule has 0 radical (unpaired) electrons. The van der Waals surface area contributed by atoms with Gasteiger partial charge in [-0.3, -0.25) is 18.0 Å². The third-order valence-corrected chi connectivity index (χ3v) is 15.0. The van der Waals surface area contributed by atoms with Crippen molar-refractivity contribution < 1.29 is 55.7 Å². The highest BCUT2D eigenvalue weighted by Crippen LogP contribution is 2.63. The Kier molecular flexibility index (Phi) is 10.9. The molecule has 0 N–H and O–H groups in total. The minimum atomic E-state index is -6.00. The van der Waals surface area contributed by atoms with E-state index < -0.39 is 72.5 Å². The first-order valence-electron chi connectivity index (χ1n) is 16.5. The summed E-state index contributed by atoms with van der Waals surface area (Å²) in [7, 11) is -17.0. The summed E-state index contributed by atoms with van der Waals surface area (Å²) in [5.41, 5.74) is -0.342. The van der Waals surface area contributed by atoms with E-state index in [4.69, 9.17) is 18.7 Å². The van der Waals surface area contributed by atoms with Gasteiger partial charge in [-0.05, 0) is 54.0 Å². The molecular weight excluding hydrogens is 733 g/mol. The van der Waals surface area contributed by atoms with Crippen molar-refractivity contribution in [2.45, 2.75) is 87.0 Å². The van der Waals surface area contributed by atoms with Crippen LogP contribution >= 0.6 is 35.0 Å². The molecule has 0 bridgehead atoms. The molecule has 50 heavy (non-hydrogen) atoms. The van der Waals surface area contributed by atoms with Gasteiger partial charge in [-0.15, -0.1) is 11.8 Å². The number of benzene rings is 2. The Morgan fingerprint density at radius 2 is 1.60 bits per heavy atom. The van der Waals surface area contributed by atoms with E-state index in [2.05, 4.69) is 13.6 Å². The summed E-state index contributed by atoms with van der Waals surface area (Å²) in [6, 6.07) is 13.4. The van der Waals surface area contributed by atoms with Crippen LogP contribution in [0.3, 0.4) is 0 Å². The van der Waals surface area contributed by atoms with Crippen LogP contribution in [0.4, 0.5) is 0 Å². The summed E-state index contributed by atoms with van der Waals surface area (Å²) in [5.74, 6) is 1.59. The largest absolute Gasteiger partial charge is 0.778 e. The zero-order valence-corrected chi connectivity index (χ0v) is 30.3. The number of phosphoric acid groups is 2. The zero-order valence-electron chi connectivity index (χ0n) is 26.8. The van der Waals surface area contributed by atoms with Gasteiger partial charge in [0.25, 0.3) is 15.6 Å². The average molecular weight is 770 g/mol. The summed E-state index contributed by atoms with van der Waals surface area (Å²) in [4.78, 5) is 55.3. The Balaban J connectivity index is 1.02. The molecule has 2 aliphatic carbocycles. The highest BCUT2D eigenvalue weighted by atomic mass is 32.2. The second kappa shape index (κ2) is 14.9. The van der Waals surface area contributed by atoms with Crippen LogP contribution < -0.4 is 20.4 Å². The number of phosphoric ester groups is 1. The van der Waals surface area contributed by atoms with Gasteiger partial charge in [-0.2, -0.15) is 4.98 Å². The van der Waals surface area contributed by atoms with Crippen molar-refractivity contribution in [1.29, 1.82) is 0 Å². The number of nitrogens with zero attached hydrogens (tertiary/aromatic N) is 2. The van der Waals surface area contributed by atoms with Crippen LogP contribution in [0.5, 0.6) is 0 Å². The van der Waals surface area contributed by atoms with Crippen LogP contribution in [0.15, 0.2) is 64.5 Å². The summed E-state index contributed by atoms with van der Waals surface area (Å²) < 4.78 is 71.1. The molecule has 4 aliphatic rings. The van der Waals surface area contributed by atoms with Crippen molar-refractivity contribution in [3.63, 3.8) is 0 Å². The number of aromatic nitrogens is 2. The average Bonchev–Trinajstić information content (AvgIpc) is 3.69. The molecule has 8 atom stereocenters. The molecule has 1 aromatic heterocycles. The number of hydrogen-bond acceptors (Lipinski definition) is 15. The number of rotatable bonds is 14. The van der Waals surface area contributed by atoms with Crippen molar-refractivity contribution >= 4 is 45.8 Å². The second-order valence-corrected chi connectivity index (χ2v) is 18.9. The van der Waals surface area contributed by atoms with Crippen LogP contribution in [0.2, 0.25) is 0 Å². The van der Waals surface area contributed by atoms with E-state index in [0.29, 0.717) is 21.7 Å². The molecule has 2 saturated heterocycles. The van der Waals surface area contributed by atoms with Crippen molar-refractivity contribution in [2.75, 3.05) is 12.4 Å². The fourth-order valence-electron chi connectivity index (χ4n) is 6.65. The minimum Gasteiger partial charge on any atom is -0.778 e. The van der Waals surface area contributed by atoms with E-state index in [0.717, 1.165) is 50.7 Å². The van der Waals surface area contributed by atoms with E-state index in [1.54, 1.807) is 48.7 Å². The molecule has 3 heterocycles. The van der Waals surface area contributed by atoms with Gasteiger partial charge in [0.1, 0.15) is 30.9 Å². The van der Waals surface area contributed by atoms with Gasteiger partial charge in [0.15, 0.2) is 12.5 Å². The maximum Gasteiger partial charge on any atom is 0.350 e. The van der Waals surface area contributed by atoms with E-state index in [9.17, 15) is 33.2 Å². The number of ether oxygens (including phenoxy) is 3. The number of thioether (sulfide) groups is 1. The quantitative estimate of drug-likeness (QED) is 0.128. The Morgan fingerprint density at radius 1 is 0.860 bits per heavy atom. The van der Waals surface area contributed by atoms with Crippen LogP contribution in [0.1, 0.15) is 56.7 Å². The molecule has 19 heteroatoms. The predicted molar refractivity (Wildman–Crippen MR) is 175 cm³/mol. The van der Waals surface area contributed by atoms with Crippen molar-refractivity contribution in [2.24, 2.45) is 11.8 Å². The first-order chi connectivity index (χ1) is 23.8. The molecule has 2 aromatic carbocycles. The molecule has 15 nitrogen and oxygen atoms in total. The molecule has 272 valence electrons. The lowest BCUT2D eigenvalue weighted by molar-refractivity contribution is -0.246. The normalized spacial score (nSPS) is 29.3. The lowest BCUT2D eigenvalue weighted by Crippen LogP contribution is -2.34. The lowest BCUT2D eigenvalue weighted by atomic mass is 9.89. The standard InChI is InChI=1S/C31H39N2O13P3S/c34-31-32-26(50-19-20-13-14-20)15-16-33(31)29-28-27(43-30(44-28)22-8-2-1-3-9-22)25(42-29)17-41-48(37,38)46-49(39,40)45-47(35,36)18-23-11-6-10-21-7-4-5-12-24(21)23/h4-7,10-12,15-16,20,22,25,27-30H,1-3,8-9,13-14,17-19H2,(H,35,36)(H,37,38)(H,39,40)/p-3/t25-,27?,28+,29-,30?/m1/s1. The molecule has 0 spiro atoms. The van der Waals surface area contributed by atoms with Crippen molar-refractivity contribution in [1.82, 2.24) is 9.55 Å². The van der Waals surface area contributed by atoms with Crippen molar-refractivity contribution in [3.05, 3.63) is 70.8 Å². The SMILES string of the molecule is O=c1nc(SCC2CC2)ccn1[C@@H]1O[C@H](COP(=O)([O-])OP(=O)([O-])OP(=O)([O-])Cc2cccc3ccccc23)C2OC(C3CCCCC3)O[C@@H]21. The van der Waals surface area contributed by atoms with E-state index >= 15 is 0 Å². The van der Waals surface area contributed by atoms with Crippen molar-refractivity contribution in [3.8, 4) is 0 Å². The fourth-order valence-corrected chi connectivity index (χ4v) is 11.7. The Bertz CT molecular complexity index is 1900. The van der Waals surface area contributed by atoms with Crippen LogP contribution in [-0.2, 0) is 47.2 Å². The lowest BCUT2D eigenvalue weighted by Gasteiger charge is -2.35. The smallest absolute Gasteiger partial charge is 0.350 e. The molecule has 2 aliphatic heterocycles. The van der Waals surface area contributed by atoms with Gasteiger partial charge >= 0.3 is 5.69 Å². The molecular formula is C31H36N2O13P3S-3. The number of fused-ring (bicyclic) bond motifs is 2. The van der Waals surface area contributed by atoms with Gasteiger partial charge < -0.3 is 38.0 Å². The highest BCUT2D eigenvalue weighted by Gasteiger charge is 2.55. The summed E-state index contributed by atoms with van der Waals surface area (Å²) in [6.45, 7) is -0.790. The van der Waals surface area contributed by atoms with Crippen LogP contribution in [0.25, 0.3) is 10.8 Å². The molecule has 4 fully saturated rings. The monoisotopic (exact) mass is 769 g/mol. The number of hydrogen-bond donors (Lipinski definition) is 0. The van der Waals surface area contributed by atoms with Crippen LogP contribution in [-0.4, -0.2) is 46.5 Å². The summed E-state index contributed by atoms with van der Waals surface area (Å²) in [6.07, 6.45) is 3.33. The maximum absolute atomic E-state index is 13.1. The molecule has 2 saturated carbocycles. The molecule has 0 amide bonds. The summed E-state index contributed by atoms with van der Waals surface area (Å²) in [5, 5.41) is 1.84. The topological polar surface area (TPSA) is 211 Å². The van der Waals surface area contributed by atoms with Gasteiger partial charge in [0.05, 0.1) is 6.61 Å². The van der Waals surface area contributed by atoms with Gasteiger partial charge in [-0.1, -0.05) is 61.7 Å². The maximum atomic E-state index is 13.1. The van der Waals surface area contributed by atoms with Gasteiger partial charge in [0, 0.05) is 24.0 Å². The second-order valence-electron chi connectivity index (χ2n) is 13.0. The molecule has 7 rings (SSSR count). The first-order valence-corrected chi connectivity index (χ1v) is 22.1. The van der Waals surface area contributed by atoms with E-state index in [-0.39, 0.29) is 11.5 Å². The van der Waals surface area contributed by atoms with E-state index in [1.807, 2.05) is 0 Å². The minimum absolute atomic E-state index is 0.0849. The third kappa shape index (κ3) is 8.89. The Morgan fingerprint density at radius 3 is 2.36 bits per heavy atom.